The molecule has 0 spiro atoms. The van der Waals surface area contributed by atoms with E-state index < -0.39 is 195 Å². The molecular weight excluding hydrogens is 1050 g/mol. The van der Waals surface area contributed by atoms with Gasteiger partial charge in [-0.1, -0.05) is 78.9 Å². The molecule has 0 aliphatic carbocycles. The summed E-state index contributed by atoms with van der Waals surface area (Å²) in [5.41, 5.74) is -28.2. The molecule has 0 unspecified atom stereocenters. The number of aromatic nitrogens is 1. The van der Waals surface area contributed by atoms with Gasteiger partial charge in [0, 0.05) is 17.7 Å². The average molecular weight is 1080 g/mol. The van der Waals surface area contributed by atoms with Crippen molar-refractivity contribution in [2.75, 3.05) is 0 Å². The summed E-state index contributed by atoms with van der Waals surface area (Å²) >= 11 is 0. The van der Waals surface area contributed by atoms with Gasteiger partial charge in [0.25, 0.3) is 0 Å². The number of nitrogens with zero attached hydrogens (tertiary/aromatic N) is 1. The van der Waals surface area contributed by atoms with Crippen LogP contribution in [0.2, 0.25) is 0 Å². The lowest BCUT2D eigenvalue weighted by Gasteiger charge is -2.46. The van der Waals surface area contributed by atoms with Gasteiger partial charge in [-0.3, -0.25) is 4.79 Å². The first-order valence-corrected chi connectivity index (χ1v) is 19.9. The number of rotatable bonds is 7. The van der Waals surface area contributed by atoms with E-state index in [0.29, 0.717) is 6.54 Å². The molecule has 2 nitrogen and oxygen atoms in total. The van der Waals surface area contributed by atoms with Crippen LogP contribution < -0.4 is 26.4 Å². The second kappa shape index (κ2) is 19.6. The first-order valence-electron chi connectivity index (χ1n) is 19.9. The summed E-state index contributed by atoms with van der Waals surface area (Å²) in [7, 11) is 0. The van der Waals surface area contributed by atoms with Crippen molar-refractivity contribution in [3.63, 3.8) is 0 Å². The number of Topliss-reactive ketones (excluding diaryl/α,β-unsaturated/α-hetero) is 1. The number of hydrogen-bond acceptors (Lipinski definition) is 1. The van der Waals surface area contributed by atoms with E-state index in [1.807, 2.05) is 66.3 Å². The van der Waals surface area contributed by atoms with Crippen molar-refractivity contribution in [2.45, 2.75) is 62.9 Å². The quantitative estimate of drug-likeness (QED) is 0.0675. The molecule has 0 fully saturated rings. The second-order valence-corrected chi connectivity index (χ2v) is 16.1. The highest BCUT2D eigenvalue weighted by Crippen LogP contribution is 2.41. The normalized spacial score (nSPS) is 13.4. The van der Waals surface area contributed by atoms with Crippen LogP contribution in [0, 0.1) is 6.92 Å². The van der Waals surface area contributed by atoms with E-state index in [0.717, 1.165) is 5.56 Å². The second-order valence-electron chi connectivity index (χ2n) is 16.1. The number of aryl methyl sites for hydroxylation is 1. The Labute approximate surface area is 394 Å². The van der Waals surface area contributed by atoms with Crippen LogP contribution in [-0.4, -0.2) is 11.9 Å². The van der Waals surface area contributed by atoms with Crippen LogP contribution in [0.15, 0.2) is 128 Å². The van der Waals surface area contributed by atoms with E-state index in [1.54, 1.807) is 0 Å². The van der Waals surface area contributed by atoms with Crippen molar-refractivity contribution >= 4 is 33.8 Å². The molecule has 0 radical (unpaired) electrons. The predicted octanol–water partition coefficient (Wildman–Crippen LogP) is 13.4. The smallest absolute Gasteiger partial charge is 0.287 e. The molecule has 0 aliphatic rings. The van der Waals surface area contributed by atoms with Crippen molar-refractivity contribution in [3.05, 3.63) is 183 Å². The minimum Gasteiger partial charge on any atom is -0.287 e. The fourth-order valence-electron chi connectivity index (χ4n) is 7.59. The van der Waals surface area contributed by atoms with Crippen LogP contribution in [0.5, 0.6) is 0 Å². The van der Waals surface area contributed by atoms with Gasteiger partial charge in [0.15, 0.2) is 12.4 Å². The molecule has 6 rings (SSSR count). The Morgan fingerprint density at radius 3 is 0.781 bits per heavy atom. The summed E-state index contributed by atoms with van der Waals surface area (Å²) in [6.45, 7) is 2.42. The number of hydrogen-bond donors (Lipinski definition) is 0. The highest BCUT2D eigenvalue weighted by atomic mass is 19.4. The molecule has 0 amide bonds. The minimum atomic E-state index is -6.13. The average Bonchev–Trinajstić information content (AvgIpc) is 3.25. The third-order valence-electron chi connectivity index (χ3n) is 10.9. The maximum absolute atomic E-state index is 14.2. The lowest BCUT2D eigenvalue weighted by Crippen LogP contribution is -2.75. The zero-order valence-corrected chi connectivity index (χ0v) is 35.8. The topological polar surface area (TPSA) is 20.9 Å². The van der Waals surface area contributed by atoms with E-state index in [1.165, 1.54) is 5.56 Å². The van der Waals surface area contributed by atoms with Crippen molar-refractivity contribution in [1.29, 1.82) is 0 Å². The molecule has 5 aromatic carbocycles. The molecule has 0 saturated heterocycles. The Bertz CT molecular complexity index is 2500. The molecule has 27 heteroatoms. The van der Waals surface area contributed by atoms with Crippen LogP contribution >= 0.6 is 0 Å². The molecule has 1 heterocycles. The van der Waals surface area contributed by atoms with Crippen LogP contribution in [0.25, 0.3) is 0 Å². The van der Waals surface area contributed by atoms with E-state index in [9.17, 15) is 110 Å². The first kappa shape index (κ1) is 57.2. The van der Waals surface area contributed by atoms with Crippen LogP contribution in [-0.2, 0) is 56.0 Å². The van der Waals surface area contributed by atoms with Gasteiger partial charge < -0.3 is 0 Å². The van der Waals surface area contributed by atoms with E-state index in [-0.39, 0.29) is 5.78 Å². The van der Waals surface area contributed by atoms with E-state index in [4.69, 9.17) is 0 Å². The Kier molecular flexibility index (Phi) is 15.4. The molecule has 6 aromatic rings. The number of pyridine rings is 1. The monoisotopic (exact) mass is 1080 g/mol. The van der Waals surface area contributed by atoms with Gasteiger partial charge in [-0.2, -0.15) is 132 Å². The molecular formula is C46H26BF24NO. The third-order valence-corrected chi connectivity index (χ3v) is 10.9. The fourth-order valence-corrected chi connectivity index (χ4v) is 7.59. The fraction of sp³-hybridized carbons (Fsp3) is 0.217. The molecule has 1 aromatic heterocycles. The minimum absolute atomic E-state index is 0.134. The van der Waals surface area contributed by atoms with Gasteiger partial charge in [-0.25, -0.2) is 0 Å². The first-order chi connectivity index (χ1) is 33.0. The maximum atomic E-state index is 14.2. The van der Waals surface area contributed by atoms with Gasteiger partial charge in [0.1, 0.15) is 6.15 Å². The van der Waals surface area contributed by atoms with Gasteiger partial charge >= 0.3 is 49.4 Å². The SMILES string of the molecule is Cc1cc[n+](CC(=O)c2ccccc2)cc1.FC(F)(F)c1cc([B-](c2cc(C(F)(F)F)cc(C(F)(F)F)c2)(c2cc(C(F)(F)F)cc(C(F)(F)F)c2)c2cc(C(F)(F)F)cc(C(F)(F)F)c2)cc(C(F)(F)F)c1. The lowest BCUT2D eigenvalue weighted by molar-refractivity contribution is -0.683. The van der Waals surface area contributed by atoms with Crippen molar-refractivity contribution in [2.24, 2.45) is 0 Å². The Morgan fingerprint density at radius 1 is 0.356 bits per heavy atom. The van der Waals surface area contributed by atoms with Gasteiger partial charge in [0.05, 0.1) is 44.5 Å². The molecule has 73 heavy (non-hydrogen) atoms. The van der Waals surface area contributed by atoms with Crippen LogP contribution in [0.1, 0.15) is 60.4 Å². The summed E-state index contributed by atoms with van der Waals surface area (Å²) in [5.74, 6) is 0.134. The lowest BCUT2D eigenvalue weighted by atomic mass is 9.12. The Hall–Kier alpha value is -6.70. The highest BCUT2D eigenvalue weighted by Gasteiger charge is 2.47. The summed E-state index contributed by atoms with van der Waals surface area (Å²) in [5, 5.41) is 0. The molecule has 392 valence electrons. The standard InChI is InChI=1S/C32H12BF24.C14H14NO/c34-25(35,36)13-1-14(26(37,38)39)6-21(5-13)33(22-7-15(27(40,41)42)2-16(8-22)28(43,44)45,23-9-17(29(46,47)48)3-18(10-23)30(49,50)51)24-11-19(31(52,53)54)4-20(12-24)32(55,56)57;1-12-7-9-15(10-8-12)11-14(16)13-5-3-2-4-6-13/h1-12H;2-10H,11H2,1H3/q-1;+1. The zero-order valence-electron chi connectivity index (χ0n) is 35.8. The largest absolute Gasteiger partial charge is 0.416 e. The van der Waals surface area contributed by atoms with E-state index >= 15 is 0 Å². The number of halogens is 24. The van der Waals surface area contributed by atoms with Crippen molar-refractivity contribution in [1.82, 2.24) is 0 Å². The van der Waals surface area contributed by atoms with Crippen LogP contribution in [0.3, 0.4) is 0 Å². The Balaban J connectivity index is 0.000000520. The van der Waals surface area contributed by atoms with E-state index in [2.05, 4.69) is 0 Å². The van der Waals surface area contributed by atoms with Crippen molar-refractivity contribution < 1.29 is 115 Å². The number of ketones is 1. The molecule has 0 N–H and O–H groups in total. The van der Waals surface area contributed by atoms with Gasteiger partial charge in [-0.05, 0) is 36.8 Å². The maximum Gasteiger partial charge on any atom is 0.416 e. The third kappa shape index (κ3) is 13.5. The number of carbonyl (C=O) groups excluding carboxylic acids is 1. The van der Waals surface area contributed by atoms with Gasteiger partial charge in [0.2, 0.25) is 12.3 Å². The van der Waals surface area contributed by atoms with Crippen molar-refractivity contribution in [3.8, 4) is 0 Å². The predicted molar refractivity (Wildman–Crippen MR) is 212 cm³/mol. The molecule has 0 bridgehead atoms. The zero-order chi connectivity index (χ0) is 55.3. The Morgan fingerprint density at radius 2 is 0.575 bits per heavy atom. The molecule has 0 atom stereocenters. The number of carbonyl (C=O) groups is 1. The number of benzene rings is 5. The summed E-state index contributed by atoms with van der Waals surface area (Å²) < 4.78 is 343. The summed E-state index contributed by atoms with van der Waals surface area (Å²) in [6, 6.07) is 4.55. The van der Waals surface area contributed by atoms with Crippen LogP contribution in [0.4, 0.5) is 105 Å². The molecule has 0 aliphatic heterocycles. The molecule has 0 saturated carbocycles. The number of alkyl halides is 24. The highest BCUT2D eigenvalue weighted by molar-refractivity contribution is 7.20. The van der Waals surface area contributed by atoms with Gasteiger partial charge in [-0.15, -0.1) is 0 Å². The summed E-state index contributed by atoms with van der Waals surface area (Å²) in [4.78, 5) is 11.9. The summed E-state index contributed by atoms with van der Waals surface area (Å²) in [6.07, 6.45) is -51.0.